The Bertz CT molecular complexity index is 1490. The van der Waals surface area contributed by atoms with Gasteiger partial charge in [0, 0.05) is 37.7 Å². The second-order valence-electron chi connectivity index (χ2n) is 11.5. The number of benzene rings is 1. The summed E-state index contributed by atoms with van der Waals surface area (Å²) in [4.78, 5) is 29.8. The first-order valence-electron chi connectivity index (χ1n) is 14.3. The molecule has 6 atom stereocenters. The van der Waals surface area contributed by atoms with Crippen LogP contribution in [0.3, 0.4) is 0 Å². The van der Waals surface area contributed by atoms with Gasteiger partial charge in [0.05, 0.1) is 29.9 Å². The average Bonchev–Trinajstić information content (AvgIpc) is 3.60. The predicted octanol–water partition coefficient (Wildman–Crippen LogP) is -0.305. The van der Waals surface area contributed by atoms with Gasteiger partial charge in [-0.1, -0.05) is 0 Å². The van der Waals surface area contributed by atoms with Crippen LogP contribution >= 0.6 is 0 Å². The number of ether oxygens (including phenoxy) is 1. The summed E-state index contributed by atoms with van der Waals surface area (Å²) in [6.07, 6.45) is -0.0884. The number of aliphatic imine (C=N–C) groups is 1. The number of aliphatic hydroxyl groups excluding tert-OH is 4. The molecule has 0 saturated heterocycles. The highest BCUT2D eigenvalue weighted by molar-refractivity contribution is 5.80. The van der Waals surface area contributed by atoms with Crippen LogP contribution in [-0.2, 0) is 16.2 Å². The van der Waals surface area contributed by atoms with Crippen molar-refractivity contribution >= 4 is 17.2 Å². The second kappa shape index (κ2) is 12.5. The van der Waals surface area contributed by atoms with Gasteiger partial charge in [-0.25, -0.2) is 9.78 Å². The van der Waals surface area contributed by atoms with Crippen LogP contribution in [0.25, 0.3) is 11.0 Å². The summed E-state index contributed by atoms with van der Waals surface area (Å²) >= 11 is 0. The van der Waals surface area contributed by atoms with Gasteiger partial charge in [0.2, 0.25) is 0 Å². The van der Waals surface area contributed by atoms with Gasteiger partial charge in [0.1, 0.15) is 59.3 Å². The summed E-state index contributed by atoms with van der Waals surface area (Å²) in [5, 5.41) is 56.6. The summed E-state index contributed by atoms with van der Waals surface area (Å²) < 4.78 is 12.2. The Morgan fingerprint density at radius 2 is 2.07 bits per heavy atom. The zero-order valence-electron chi connectivity index (χ0n) is 24.4. The Hall–Kier alpha value is -3.14. The molecule has 0 amide bonds. The third-order valence-corrected chi connectivity index (χ3v) is 8.38. The molecule has 13 heteroatoms. The number of nitrogens with zero attached hydrogens (tertiary/aromatic N) is 2. The molecular weight excluding hydrogens is 562 g/mol. The zero-order valence-corrected chi connectivity index (χ0v) is 24.4. The van der Waals surface area contributed by atoms with Crippen molar-refractivity contribution in [3.63, 3.8) is 0 Å². The molecule has 234 valence electrons. The summed E-state index contributed by atoms with van der Waals surface area (Å²) in [7, 11) is 1.81. The van der Waals surface area contributed by atoms with Crippen molar-refractivity contribution in [1.82, 2.24) is 10.2 Å². The Balaban J connectivity index is 1.33. The molecular formula is C30H39N3O10. The lowest BCUT2D eigenvalue weighted by atomic mass is 9.86. The molecule has 1 aromatic carbocycles. The van der Waals surface area contributed by atoms with Crippen molar-refractivity contribution in [3.8, 4) is 5.75 Å². The predicted molar refractivity (Wildman–Crippen MR) is 156 cm³/mol. The first-order valence-corrected chi connectivity index (χ1v) is 14.3. The fourth-order valence-electron chi connectivity index (χ4n) is 5.73. The molecule has 0 aliphatic carbocycles. The summed E-state index contributed by atoms with van der Waals surface area (Å²) in [6.45, 7) is 2.81. The lowest BCUT2D eigenvalue weighted by Gasteiger charge is -2.43. The number of hydrogen-bond donors (Lipinski definition) is 6. The maximum Gasteiger partial charge on any atom is 0.192 e. The van der Waals surface area contributed by atoms with Crippen molar-refractivity contribution in [2.24, 2.45) is 4.99 Å². The molecule has 0 radical (unpaired) electrons. The largest absolute Gasteiger partial charge is 0.484 e. The number of nitrogens with one attached hydrogen (secondary N) is 1. The molecule has 0 spiro atoms. The van der Waals surface area contributed by atoms with Crippen molar-refractivity contribution in [2.45, 2.75) is 62.3 Å². The van der Waals surface area contributed by atoms with Crippen molar-refractivity contribution in [1.29, 1.82) is 0 Å². The molecule has 3 aliphatic rings. The van der Waals surface area contributed by atoms with Crippen molar-refractivity contribution in [3.05, 3.63) is 63.3 Å². The maximum atomic E-state index is 12.6. The Morgan fingerprint density at radius 3 is 2.81 bits per heavy atom. The summed E-state index contributed by atoms with van der Waals surface area (Å²) in [5.41, 5.74) is -0.868. The monoisotopic (exact) mass is 601 g/mol. The molecule has 6 N–H and O–H groups in total. The Morgan fingerprint density at radius 1 is 1.28 bits per heavy atom. The molecule has 0 fully saturated rings. The lowest BCUT2D eigenvalue weighted by molar-refractivity contribution is -0.364. The number of allylic oxidation sites excluding steroid dienone is 1. The van der Waals surface area contributed by atoms with E-state index in [-0.39, 0.29) is 12.0 Å². The van der Waals surface area contributed by atoms with Crippen LogP contribution in [0.15, 0.2) is 55.9 Å². The van der Waals surface area contributed by atoms with E-state index in [1.807, 2.05) is 20.0 Å². The van der Waals surface area contributed by atoms with Gasteiger partial charge in [-0.05, 0) is 51.2 Å². The number of aryl methyl sites for hydroxylation is 1. The number of rotatable bonds is 13. The van der Waals surface area contributed by atoms with Gasteiger partial charge in [-0.15, -0.1) is 0 Å². The smallest absolute Gasteiger partial charge is 0.192 e. The van der Waals surface area contributed by atoms with E-state index in [4.69, 9.17) is 18.9 Å². The number of fused-ring (bicyclic) bond motifs is 3. The van der Waals surface area contributed by atoms with Gasteiger partial charge >= 0.3 is 0 Å². The molecule has 2 aromatic rings. The fourth-order valence-corrected chi connectivity index (χ4v) is 5.73. The summed E-state index contributed by atoms with van der Waals surface area (Å²) in [5.74, 6) is 1.05. The standard InChI is InChI=1S/C30H39N3O10/c1-17-10-22(35)19-11-18-12-27(29(2,6-8-31-3)42-24(18)13-25(19)41-17)43-40-15-26(37)30(39,28(38)23(36)14-34)16-33-9-5-20-21(33)4-7-32-20/h4-5,7,10-11,13,23,26-28,31,34,36-39H,6,8-9,12,14-16H2,1-3H3. The van der Waals surface area contributed by atoms with E-state index in [1.165, 1.54) is 6.07 Å². The molecule has 5 rings (SSSR count). The van der Waals surface area contributed by atoms with E-state index >= 15 is 0 Å². The number of β-amino-alcohol motifs (C(OH)–C–C–N with tert-alkyl or cyclic N) is 1. The first kappa shape index (κ1) is 31.3. The maximum absolute atomic E-state index is 12.6. The highest BCUT2D eigenvalue weighted by Gasteiger charge is 2.49. The molecule has 1 aromatic heterocycles. The van der Waals surface area contributed by atoms with Crippen LogP contribution in [0.2, 0.25) is 0 Å². The van der Waals surface area contributed by atoms with Gasteiger partial charge in [0.15, 0.2) is 5.43 Å². The Kier molecular flexibility index (Phi) is 9.07. The number of aliphatic hydroxyl groups is 5. The zero-order chi connectivity index (χ0) is 30.9. The van der Waals surface area contributed by atoms with Gasteiger partial charge in [-0.3, -0.25) is 9.79 Å². The van der Waals surface area contributed by atoms with E-state index in [9.17, 15) is 30.3 Å². The second-order valence-corrected chi connectivity index (χ2v) is 11.5. The minimum Gasteiger partial charge on any atom is -0.484 e. The SMILES string of the molecule is CNCCC1(C)Oc2cc3oc(C)cc(=O)c3cc2CC1OOCC(O)C(O)(CN1CC=C2N=CC=C21)C(O)C(O)CO. The van der Waals surface area contributed by atoms with Gasteiger partial charge in [-0.2, -0.15) is 0 Å². The van der Waals surface area contributed by atoms with Crippen LogP contribution in [0.5, 0.6) is 5.75 Å². The summed E-state index contributed by atoms with van der Waals surface area (Å²) in [6, 6.07) is 4.84. The molecule has 3 aliphatic heterocycles. The lowest BCUT2D eigenvalue weighted by Crippen LogP contribution is -2.63. The number of hydrogen-bond acceptors (Lipinski definition) is 13. The van der Waals surface area contributed by atoms with Crippen LogP contribution in [0, 0.1) is 6.92 Å². The first-order chi connectivity index (χ1) is 20.5. The molecule has 43 heavy (non-hydrogen) atoms. The van der Waals surface area contributed by atoms with Crippen LogP contribution in [-0.4, -0.2) is 112 Å². The third kappa shape index (κ3) is 6.12. The van der Waals surface area contributed by atoms with E-state index < -0.39 is 48.8 Å². The minimum absolute atomic E-state index is 0.176. The minimum atomic E-state index is -2.33. The van der Waals surface area contributed by atoms with E-state index in [1.54, 1.807) is 36.2 Å². The van der Waals surface area contributed by atoms with Crippen molar-refractivity contribution < 1.29 is 44.5 Å². The Labute approximate surface area is 248 Å². The van der Waals surface area contributed by atoms with Crippen molar-refractivity contribution in [2.75, 3.05) is 39.9 Å². The quantitative estimate of drug-likeness (QED) is 0.130. The van der Waals surface area contributed by atoms with Gasteiger partial charge in [0.25, 0.3) is 0 Å². The normalized spacial score (nSPS) is 24.6. The highest BCUT2D eigenvalue weighted by atomic mass is 17.2. The fraction of sp³-hybridized carbons (Fsp3) is 0.533. The van der Waals surface area contributed by atoms with Crippen LogP contribution in [0.4, 0.5) is 0 Å². The van der Waals surface area contributed by atoms with Gasteiger partial charge < -0.3 is 44.9 Å². The average molecular weight is 602 g/mol. The molecule has 0 saturated carbocycles. The van der Waals surface area contributed by atoms with E-state index in [2.05, 4.69) is 10.3 Å². The van der Waals surface area contributed by atoms with E-state index in [0.29, 0.717) is 65.4 Å². The third-order valence-electron chi connectivity index (χ3n) is 8.38. The molecule has 13 nitrogen and oxygen atoms in total. The highest BCUT2D eigenvalue weighted by Crippen LogP contribution is 2.39. The van der Waals surface area contributed by atoms with Crippen LogP contribution < -0.4 is 15.5 Å². The topological polar surface area (TPSA) is 187 Å². The molecule has 0 bridgehead atoms. The molecule has 4 heterocycles. The molecule has 6 unspecified atom stereocenters. The van der Waals surface area contributed by atoms with E-state index in [0.717, 1.165) is 0 Å². The van der Waals surface area contributed by atoms with Crippen LogP contribution in [0.1, 0.15) is 24.7 Å².